The number of pyridine rings is 1. The number of benzene rings is 1. The Morgan fingerprint density at radius 2 is 2.00 bits per heavy atom. The van der Waals surface area contributed by atoms with Gasteiger partial charge in [-0.05, 0) is 88.2 Å². The standard InChI is InChI=1S/C27H36ClN3O4/c1-25(2,34-4)21-12-27(21,24(29)33)22-11-17-9-19(20(28)10-18(17)13-30-22)16-5-7-31(8-6-16)26(3)15-35-14-23(26)32/h9-11,13,16,21,23,32H,5-8,12,14-15H2,1-4H3,(H2,29,33). The third-order valence-electron chi connectivity index (χ3n) is 9.11. The zero-order valence-corrected chi connectivity index (χ0v) is 21.8. The van der Waals surface area contributed by atoms with Crippen molar-refractivity contribution in [2.75, 3.05) is 33.4 Å². The molecule has 35 heavy (non-hydrogen) atoms. The van der Waals surface area contributed by atoms with Crippen LogP contribution >= 0.6 is 11.6 Å². The number of hydrogen-bond donors (Lipinski definition) is 2. The molecule has 190 valence electrons. The van der Waals surface area contributed by atoms with Gasteiger partial charge in [-0.15, -0.1) is 0 Å². The highest BCUT2D eigenvalue weighted by molar-refractivity contribution is 6.32. The van der Waals surface area contributed by atoms with Crippen molar-refractivity contribution in [2.45, 2.75) is 68.6 Å². The number of ether oxygens (including phenoxy) is 2. The third kappa shape index (κ3) is 3.96. The van der Waals surface area contributed by atoms with E-state index in [0.29, 0.717) is 31.2 Å². The average molecular weight is 502 g/mol. The number of aliphatic hydroxyl groups excluding tert-OH is 1. The Hall–Kier alpha value is -1.77. The molecule has 1 amide bonds. The van der Waals surface area contributed by atoms with Crippen LogP contribution in [0.1, 0.15) is 57.2 Å². The maximum absolute atomic E-state index is 12.6. The molecule has 7 nitrogen and oxygen atoms in total. The predicted molar refractivity (Wildman–Crippen MR) is 136 cm³/mol. The molecule has 2 aromatic rings. The Bertz CT molecular complexity index is 1150. The van der Waals surface area contributed by atoms with Crippen LogP contribution in [0.4, 0.5) is 0 Å². The van der Waals surface area contributed by atoms with E-state index in [0.717, 1.165) is 47.3 Å². The SMILES string of the molecule is COC(C)(C)C1CC1(C(N)=O)c1cc2cc(C3CCN(C4(C)COCC4O)CC3)c(Cl)cc2cn1. The van der Waals surface area contributed by atoms with Crippen LogP contribution in [0.15, 0.2) is 24.4 Å². The van der Waals surface area contributed by atoms with Gasteiger partial charge in [0.2, 0.25) is 5.91 Å². The van der Waals surface area contributed by atoms with Crippen LogP contribution in [0.3, 0.4) is 0 Å². The van der Waals surface area contributed by atoms with Crippen LogP contribution in [-0.2, 0) is 19.7 Å². The maximum atomic E-state index is 12.6. The second kappa shape index (κ2) is 8.67. The van der Waals surface area contributed by atoms with Gasteiger partial charge >= 0.3 is 0 Å². The van der Waals surface area contributed by atoms with Gasteiger partial charge in [-0.2, -0.15) is 0 Å². The quantitative estimate of drug-likeness (QED) is 0.629. The molecular formula is C27H36ClN3O4. The lowest BCUT2D eigenvalue weighted by Gasteiger charge is -2.43. The zero-order valence-electron chi connectivity index (χ0n) is 21.0. The zero-order chi connectivity index (χ0) is 25.2. The molecule has 3 heterocycles. The fourth-order valence-electron chi connectivity index (χ4n) is 6.32. The Labute approximate surface area is 211 Å². The molecule has 1 aromatic heterocycles. The number of carbonyl (C=O) groups excluding carboxylic acids is 1. The number of carbonyl (C=O) groups is 1. The minimum atomic E-state index is -0.807. The largest absolute Gasteiger partial charge is 0.389 e. The number of fused-ring (bicyclic) bond motifs is 1. The molecular weight excluding hydrogens is 466 g/mol. The Balaban J connectivity index is 1.41. The summed E-state index contributed by atoms with van der Waals surface area (Å²) in [5, 5.41) is 13.1. The highest BCUT2D eigenvalue weighted by atomic mass is 35.5. The number of methoxy groups -OCH3 is 1. The first-order valence-corrected chi connectivity index (χ1v) is 12.9. The molecule has 0 spiro atoms. The topological polar surface area (TPSA) is 97.9 Å². The number of nitrogens with zero attached hydrogens (tertiary/aromatic N) is 2. The Kier molecular flexibility index (Phi) is 6.17. The van der Waals surface area contributed by atoms with Gasteiger partial charge in [0.15, 0.2) is 0 Å². The fourth-order valence-corrected chi connectivity index (χ4v) is 6.65. The third-order valence-corrected chi connectivity index (χ3v) is 9.43. The molecule has 2 aliphatic heterocycles. The van der Waals surface area contributed by atoms with E-state index in [1.54, 1.807) is 13.3 Å². The van der Waals surface area contributed by atoms with Crippen LogP contribution in [0.25, 0.3) is 10.8 Å². The number of amides is 1. The summed E-state index contributed by atoms with van der Waals surface area (Å²) < 4.78 is 11.2. The second-order valence-electron chi connectivity index (χ2n) is 11.3. The molecule has 3 N–H and O–H groups in total. The number of halogens is 1. The Morgan fingerprint density at radius 3 is 2.60 bits per heavy atom. The van der Waals surface area contributed by atoms with Crippen molar-refractivity contribution in [2.24, 2.45) is 11.7 Å². The summed E-state index contributed by atoms with van der Waals surface area (Å²) in [5.74, 6) is -0.0449. The molecule has 4 unspecified atom stereocenters. The first-order valence-electron chi connectivity index (χ1n) is 12.5. The summed E-state index contributed by atoms with van der Waals surface area (Å²) in [5.41, 5.74) is 6.15. The molecule has 0 bridgehead atoms. The van der Waals surface area contributed by atoms with E-state index in [-0.39, 0.29) is 17.4 Å². The molecule has 3 fully saturated rings. The van der Waals surface area contributed by atoms with E-state index in [2.05, 4.69) is 22.9 Å². The van der Waals surface area contributed by atoms with E-state index in [1.807, 2.05) is 26.0 Å². The van der Waals surface area contributed by atoms with Crippen LogP contribution in [0, 0.1) is 5.92 Å². The van der Waals surface area contributed by atoms with Crippen molar-refractivity contribution in [1.82, 2.24) is 9.88 Å². The molecule has 1 aromatic carbocycles. The van der Waals surface area contributed by atoms with Gasteiger partial charge in [-0.1, -0.05) is 11.6 Å². The number of hydrogen-bond acceptors (Lipinski definition) is 6. The van der Waals surface area contributed by atoms with Gasteiger partial charge in [-0.25, -0.2) is 0 Å². The van der Waals surface area contributed by atoms with Crippen molar-refractivity contribution in [1.29, 1.82) is 0 Å². The summed E-state index contributed by atoms with van der Waals surface area (Å²) in [6, 6.07) is 6.14. The number of nitrogens with two attached hydrogens (primary N) is 1. The van der Waals surface area contributed by atoms with Gasteiger partial charge in [0, 0.05) is 29.6 Å². The number of aromatic nitrogens is 1. The van der Waals surface area contributed by atoms with Gasteiger partial charge in [0.05, 0.1) is 41.6 Å². The summed E-state index contributed by atoms with van der Waals surface area (Å²) in [6.07, 6.45) is 3.89. The number of rotatable bonds is 6. The molecule has 4 atom stereocenters. The van der Waals surface area contributed by atoms with Gasteiger partial charge < -0.3 is 20.3 Å². The van der Waals surface area contributed by atoms with E-state index in [4.69, 9.17) is 26.8 Å². The van der Waals surface area contributed by atoms with Crippen molar-refractivity contribution in [3.05, 3.63) is 40.7 Å². The van der Waals surface area contributed by atoms with Crippen molar-refractivity contribution in [3.8, 4) is 0 Å². The minimum Gasteiger partial charge on any atom is -0.389 e. The number of primary amides is 1. The number of likely N-dealkylation sites (tertiary alicyclic amines) is 1. The van der Waals surface area contributed by atoms with Crippen LogP contribution in [-0.4, -0.2) is 71.6 Å². The second-order valence-corrected chi connectivity index (χ2v) is 11.7. The lowest BCUT2D eigenvalue weighted by atomic mass is 9.84. The van der Waals surface area contributed by atoms with Crippen molar-refractivity contribution < 1.29 is 19.4 Å². The summed E-state index contributed by atoms with van der Waals surface area (Å²) in [4.78, 5) is 19.6. The molecule has 3 aliphatic rings. The lowest BCUT2D eigenvalue weighted by Crippen LogP contribution is -2.56. The maximum Gasteiger partial charge on any atom is 0.230 e. The molecule has 1 aliphatic carbocycles. The summed E-state index contributed by atoms with van der Waals surface area (Å²) in [7, 11) is 1.66. The van der Waals surface area contributed by atoms with E-state index in [1.165, 1.54) is 0 Å². The van der Waals surface area contributed by atoms with Gasteiger partial charge in [-0.3, -0.25) is 14.7 Å². The molecule has 8 heteroatoms. The van der Waals surface area contributed by atoms with Crippen molar-refractivity contribution in [3.63, 3.8) is 0 Å². The summed E-state index contributed by atoms with van der Waals surface area (Å²) in [6.45, 7) is 8.81. The molecule has 5 rings (SSSR count). The van der Waals surface area contributed by atoms with Crippen LogP contribution < -0.4 is 5.73 Å². The van der Waals surface area contributed by atoms with E-state index in [9.17, 15) is 9.90 Å². The van der Waals surface area contributed by atoms with Crippen LogP contribution in [0.2, 0.25) is 5.02 Å². The van der Waals surface area contributed by atoms with Gasteiger partial charge in [0.1, 0.15) is 0 Å². The van der Waals surface area contributed by atoms with Crippen LogP contribution in [0.5, 0.6) is 0 Å². The first kappa shape index (κ1) is 24.9. The number of aliphatic hydroxyl groups is 1. The Morgan fingerprint density at radius 1 is 1.29 bits per heavy atom. The highest BCUT2D eigenvalue weighted by Crippen LogP contribution is 2.59. The predicted octanol–water partition coefficient (Wildman–Crippen LogP) is 3.39. The molecule has 1 saturated carbocycles. The highest BCUT2D eigenvalue weighted by Gasteiger charge is 2.66. The smallest absolute Gasteiger partial charge is 0.230 e. The van der Waals surface area contributed by atoms with Gasteiger partial charge in [0.25, 0.3) is 0 Å². The minimum absolute atomic E-state index is 0.0187. The van der Waals surface area contributed by atoms with E-state index < -0.39 is 17.1 Å². The normalized spacial score (nSPS) is 32.3. The lowest BCUT2D eigenvalue weighted by molar-refractivity contribution is -0.122. The fraction of sp³-hybridized carbons (Fsp3) is 0.630. The molecule has 0 radical (unpaired) electrons. The van der Waals surface area contributed by atoms with E-state index >= 15 is 0 Å². The summed E-state index contributed by atoms with van der Waals surface area (Å²) >= 11 is 6.75. The number of piperidine rings is 1. The first-order chi connectivity index (χ1) is 16.5. The van der Waals surface area contributed by atoms with Crippen molar-refractivity contribution >= 4 is 28.3 Å². The monoisotopic (exact) mass is 501 g/mol. The average Bonchev–Trinajstić information content (AvgIpc) is 3.53. The molecule has 2 saturated heterocycles.